The molecule has 0 radical (unpaired) electrons. The van der Waals surface area contributed by atoms with E-state index in [9.17, 15) is 21.6 Å². The van der Waals surface area contributed by atoms with E-state index >= 15 is 0 Å². The molecule has 0 aliphatic rings. The Labute approximate surface area is 96.9 Å². The monoisotopic (exact) mass is 268 g/mol. The van der Waals surface area contributed by atoms with Crippen LogP contribution >= 0.6 is 0 Å². The molecule has 1 aromatic rings. The van der Waals surface area contributed by atoms with Crippen LogP contribution in [0.15, 0.2) is 12.3 Å². The van der Waals surface area contributed by atoms with Crippen molar-refractivity contribution in [2.24, 2.45) is 0 Å². The van der Waals surface area contributed by atoms with Gasteiger partial charge in [-0.2, -0.15) is 13.2 Å². The van der Waals surface area contributed by atoms with Crippen molar-refractivity contribution < 1.29 is 21.6 Å². The molecular weight excluding hydrogens is 257 g/mol. The zero-order valence-electron chi connectivity index (χ0n) is 9.17. The van der Waals surface area contributed by atoms with Crippen LogP contribution in [0.25, 0.3) is 0 Å². The minimum atomic E-state index is -4.77. The quantitative estimate of drug-likeness (QED) is 0.912. The molecule has 0 saturated carbocycles. The summed E-state index contributed by atoms with van der Waals surface area (Å²) in [6.45, 7) is 3.17. The number of hydrogen-bond donors (Lipinski definition) is 1. The third-order valence-electron chi connectivity index (χ3n) is 1.84. The highest BCUT2D eigenvalue weighted by molar-refractivity contribution is 7.92. The number of alkyl halides is 3. The van der Waals surface area contributed by atoms with E-state index in [2.05, 4.69) is 4.98 Å². The van der Waals surface area contributed by atoms with Gasteiger partial charge in [0.25, 0.3) is 0 Å². The molecule has 0 aromatic carbocycles. The molecule has 0 aliphatic heterocycles. The van der Waals surface area contributed by atoms with Crippen LogP contribution in [-0.4, -0.2) is 25.3 Å². The van der Waals surface area contributed by atoms with E-state index in [0.717, 1.165) is 0 Å². The van der Waals surface area contributed by atoms with Crippen LogP contribution in [0.4, 0.5) is 18.9 Å². The minimum Gasteiger partial charge on any atom is -0.281 e. The van der Waals surface area contributed by atoms with Gasteiger partial charge in [-0.05, 0) is 25.5 Å². The number of halogens is 3. The van der Waals surface area contributed by atoms with Gasteiger partial charge in [0.05, 0.1) is 11.4 Å². The van der Waals surface area contributed by atoms with Gasteiger partial charge in [-0.15, -0.1) is 0 Å². The number of nitrogens with one attached hydrogen (secondary N) is 1. The first-order chi connectivity index (χ1) is 7.59. The average molecular weight is 268 g/mol. The van der Waals surface area contributed by atoms with Crippen LogP contribution in [0.1, 0.15) is 11.3 Å². The van der Waals surface area contributed by atoms with Gasteiger partial charge in [0.2, 0.25) is 10.0 Å². The lowest BCUT2D eigenvalue weighted by atomic mass is 10.2. The van der Waals surface area contributed by atoms with Gasteiger partial charge >= 0.3 is 6.18 Å². The Bertz CT molecular complexity index is 511. The highest BCUT2D eigenvalue weighted by Gasteiger charge is 2.35. The van der Waals surface area contributed by atoms with Gasteiger partial charge in [0.15, 0.2) is 5.75 Å². The Balaban J connectivity index is 2.94. The number of anilines is 1. The predicted octanol–water partition coefficient (Wildman–Crippen LogP) is 2.00. The highest BCUT2D eigenvalue weighted by atomic mass is 32.2. The van der Waals surface area contributed by atoms with Gasteiger partial charge in [0, 0.05) is 6.20 Å². The number of hydrogen-bond acceptors (Lipinski definition) is 3. The van der Waals surface area contributed by atoms with Crippen LogP contribution < -0.4 is 4.72 Å². The summed E-state index contributed by atoms with van der Waals surface area (Å²) in [6, 6.07) is 1.43. The Kier molecular flexibility index (Phi) is 3.65. The molecule has 1 heterocycles. The maximum atomic E-state index is 12.0. The van der Waals surface area contributed by atoms with E-state index in [1.807, 2.05) is 4.72 Å². The molecule has 0 saturated heterocycles. The molecule has 1 N–H and O–H groups in total. The Morgan fingerprint density at radius 3 is 2.47 bits per heavy atom. The normalized spacial score (nSPS) is 12.5. The molecule has 0 aliphatic carbocycles. The van der Waals surface area contributed by atoms with Gasteiger partial charge in [-0.3, -0.25) is 9.71 Å². The molecule has 4 nitrogen and oxygen atoms in total. The summed E-state index contributed by atoms with van der Waals surface area (Å²) < 4.78 is 60.3. The number of aryl methyl sites for hydroxylation is 2. The molecule has 1 aromatic heterocycles. The van der Waals surface area contributed by atoms with Gasteiger partial charge in [-0.1, -0.05) is 0 Å². The maximum Gasteiger partial charge on any atom is 0.404 e. The SMILES string of the molecule is Cc1cnc(C)c(NS(=O)(=O)CC(F)(F)F)c1. The molecule has 0 spiro atoms. The summed E-state index contributed by atoms with van der Waals surface area (Å²) in [5.41, 5.74) is 1.04. The standard InChI is InChI=1S/C9H11F3N2O2S/c1-6-3-8(7(2)13-4-6)14-17(15,16)5-9(10,11)12/h3-4,14H,5H2,1-2H3. The maximum absolute atomic E-state index is 12.0. The van der Waals surface area contributed by atoms with Crippen molar-refractivity contribution in [3.63, 3.8) is 0 Å². The van der Waals surface area contributed by atoms with E-state index < -0.39 is 22.0 Å². The molecule has 0 atom stereocenters. The lowest BCUT2D eigenvalue weighted by Crippen LogP contribution is -2.28. The van der Waals surface area contributed by atoms with Crippen molar-refractivity contribution in [1.82, 2.24) is 4.98 Å². The van der Waals surface area contributed by atoms with Crippen molar-refractivity contribution in [3.8, 4) is 0 Å². The van der Waals surface area contributed by atoms with E-state index in [1.54, 1.807) is 6.92 Å². The summed E-state index contributed by atoms with van der Waals surface area (Å²) in [5, 5.41) is 0. The van der Waals surface area contributed by atoms with Gasteiger partial charge < -0.3 is 0 Å². The van der Waals surface area contributed by atoms with E-state index in [0.29, 0.717) is 11.3 Å². The smallest absolute Gasteiger partial charge is 0.281 e. The van der Waals surface area contributed by atoms with Crippen LogP contribution in [0.5, 0.6) is 0 Å². The Hall–Kier alpha value is -1.31. The zero-order valence-corrected chi connectivity index (χ0v) is 9.98. The summed E-state index contributed by atoms with van der Waals surface area (Å²) in [4.78, 5) is 3.85. The minimum absolute atomic E-state index is 0.0641. The second-order valence-electron chi connectivity index (χ2n) is 3.62. The topological polar surface area (TPSA) is 59.1 Å². The molecule has 17 heavy (non-hydrogen) atoms. The summed E-state index contributed by atoms with van der Waals surface area (Å²) in [7, 11) is -4.45. The average Bonchev–Trinajstić information content (AvgIpc) is 2.06. The fraction of sp³-hybridized carbons (Fsp3) is 0.444. The predicted molar refractivity (Wildman–Crippen MR) is 57.2 cm³/mol. The Morgan fingerprint density at radius 2 is 1.94 bits per heavy atom. The molecule has 0 bridgehead atoms. The second kappa shape index (κ2) is 4.52. The first-order valence-corrected chi connectivity index (χ1v) is 6.25. The lowest BCUT2D eigenvalue weighted by molar-refractivity contribution is -0.106. The van der Waals surface area contributed by atoms with Gasteiger partial charge in [0.1, 0.15) is 0 Å². The lowest BCUT2D eigenvalue weighted by Gasteiger charge is -2.12. The van der Waals surface area contributed by atoms with Gasteiger partial charge in [-0.25, -0.2) is 8.42 Å². The van der Waals surface area contributed by atoms with Crippen molar-refractivity contribution in [2.75, 3.05) is 10.5 Å². The first-order valence-electron chi connectivity index (χ1n) is 4.59. The molecule has 8 heteroatoms. The molecule has 0 unspecified atom stereocenters. The second-order valence-corrected chi connectivity index (χ2v) is 5.34. The number of pyridine rings is 1. The van der Waals surface area contributed by atoms with E-state index in [1.165, 1.54) is 19.2 Å². The van der Waals surface area contributed by atoms with Crippen LogP contribution in [-0.2, 0) is 10.0 Å². The van der Waals surface area contributed by atoms with Crippen molar-refractivity contribution in [3.05, 3.63) is 23.5 Å². The zero-order chi connectivity index (χ0) is 13.3. The fourth-order valence-electron chi connectivity index (χ4n) is 1.16. The largest absolute Gasteiger partial charge is 0.404 e. The molecular formula is C9H11F3N2O2S. The summed E-state index contributed by atoms with van der Waals surface area (Å²) in [6.07, 6.45) is -3.27. The summed E-state index contributed by atoms with van der Waals surface area (Å²) in [5.74, 6) is -1.91. The van der Waals surface area contributed by atoms with Crippen molar-refractivity contribution >= 4 is 15.7 Å². The third-order valence-corrected chi connectivity index (χ3v) is 3.08. The highest BCUT2D eigenvalue weighted by Crippen LogP contribution is 2.20. The number of rotatable bonds is 3. The van der Waals surface area contributed by atoms with E-state index in [-0.39, 0.29) is 5.69 Å². The molecule has 96 valence electrons. The van der Waals surface area contributed by atoms with Crippen LogP contribution in [0.2, 0.25) is 0 Å². The van der Waals surface area contributed by atoms with E-state index in [4.69, 9.17) is 0 Å². The van der Waals surface area contributed by atoms with Crippen LogP contribution in [0, 0.1) is 13.8 Å². The molecule has 0 amide bonds. The molecule has 1 rings (SSSR count). The molecule has 0 fully saturated rings. The third kappa shape index (κ3) is 4.59. The number of sulfonamides is 1. The number of aromatic nitrogens is 1. The first kappa shape index (κ1) is 13.8. The Morgan fingerprint density at radius 1 is 1.35 bits per heavy atom. The fourth-order valence-corrected chi connectivity index (χ4v) is 2.20. The summed E-state index contributed by atoms with van der Waals surface area (Å²) >= 11 is 0. The van der Waals surface area contributed by atoms with Crippen LogP contribution in [0.3, 0.4) is 0 Å². The van der Waals surface area contributed by atoms with Crippen molar-refractivity contribution in [1.29, 1.82) is 0 Å². The van der Waals surface area contributed by atoms with Crippen molar-refractivity contribution in [2.45, 2.75) is 20.0 Å². The number of nitrogens with zero attached hydrogens (tertiary/aromatic N) is 1.